The van der Waals surface area contributed by atoms with Crippen LogP contribution in [0, 0.1) is 29.1 Å². The fraction of sp³-hybridized carbons (Fsp3) is 0.333. The van der Waals surface area contributed by atoms with Gasteiger partial charge in [0.1, 0.15) is 5.82 Å². The van der Waals surface area contributed by atoms with Crippen LogP contribution in [-0.4, -0.2) is 13.2 Å². The summed E-state index contributed by atoms with van der Waals surface area (Å²) in [5.74, 6) is -4.71. The molecule has 0 saturated carbocycles. The van der Waals surface area contributed by atoms with Crippen LogP contribution in [0.3, 0.4) is 0 Å². The van der Waals surface area contributed by atoms with Crippen molar-refractivity contribution in [2.75, 3.05) is 13.2 Å². The molecular formula is C30H29F5O2. The van der Waals surface area contributed by atoms with Gasteiger partial charge in [0.25, 0.3) is 0 Å². The molecule has 0 heterocycles. The number of rotatable bonds is 9. The van der Waals surface area contributed by atoms with Gasteiger partial charge in [-0.15, -0.1) is 0 Å². The summed E-state index contributed by atoms with van der Waals surface area (Å²) >= 11 is 0. The van der Waals surface area contributed by atoms with Crippen LogP contribution in [0.2, 0.25) is 0 Å². The minimum absolute atomic E-state index is 0.0956. The number of halogens is 5. The summed E-state index contributed by atoms with van der Waals surface area (Å²) in [6.07, 6.45) is 3.98. The first kappa shape index (κ1) is 26.7. The highest BCUT2D eigenvalue weighted by Crippen LogP contribution is 2.39. The summed E-state index contributed by atoms with van der Waals surface area (Å²) in [7, 11) is 0. The van der Waals surface area contributed by atoms with E-state index in [2.05, 4.69) is 0 Å². The normalized spacial score (nSPS) is 15.4. The second-order valence-corrected chi connectivity index (χ2v) is 9.00. The summed E-state index contributed by atoms with van der Waals surface area (Å²) in [5, 5.41) is 0. The van der Waals surface area contributed by atoms with Crippen molar-refractivity contribution in [2.24, 2.45) is 0 Å². The molecule has 0 N–H and O–H groups in total. The molecule has 7 heteroatoms. The number of benzene rings is 3. The number of aryl methyl sites for hydroxylation is 2. The van der Waals surface area contributed by atoms with Crippen molar-refractivity contribution in [3.8, 4) is 11.5 Å². The summed E-state index contributed by atoms with van der Waals surface area (Å²) in [5.41, 5.74) is 2.53. The lowest BCUT2D eigenvalue weighted by Gasteiger charge is -2.23. The number of allylic oxidation sites excluding steroid dienone is 2. The van der Waals surface area contributed by atoms with Crippen molar-refractivity contribution in [2.45, 2.75) is 51.9 Å². The van der Waals surface area contributed by atoms with Crippen molar-refractivity contribution in [1.29, 1.82) is 0 Å². The van der Waals surface area contributed by atoms with Crippen molar-refractivity contribution in [3.05, 3.63) is 99.9 Å². The molecule has 2 nitrogen and oxygen atoms in total. The highest BCUT2D eigenvalue weighted by Gasteiger charge is 2.24. The second kappa shape index (κ2) is 11.8. The number of hydrogen-bond acceptors (Lipinski definition) is 2. The van der Waals surface area contributed by atoms with Crippen LogP contribution in [0.5, 0.6) is 11.5 Å². The fourth-order valence-electron chi connectivity index (χ4n) is 4.76. The fourth-order valence-corrected chi connectivity index (χ4v) is 4.76. The molecule has 1 unspecified atom stereocenters. The second-order valence-electron chi connectivity index (χ2n) is 9.00. The zero-order chi connectivity index (χ0) is 26.5. The Morgan fingerprint density at radius 3 is 1.97 bits per heavy atom. The lowest BCUT2D eigenvalue weighted by molar-refractivity contribution is 0.312. The van der Waals surface area contributed by atoms with Gasteiger partial charge in [-0.05, 0) is 97.9 Å². The predicted molar refractivity (Wildman–Crippen MR) is 133 cm³/mol. The lowest BCUT2D eigenvalue weighted by Crippen LogP contribution is -2.09. The third-order valence-corrected chi connectivity index (χ3v) is 6.74. The van der Waals surface area contributed by atoms with Crippen LogP contribution in [0.4, 0.5) is 22.0 Å². The highest BCUT2D eigenvalue weighted by molar-refractivity contribution is 5.67. The first-order valence-corrected chi connectivity index (χ1v) is 12.5. The molecule has 3 aromatic carbocycles. The van der Waals surface area contributed by atoms with Crippen molar-refractivity contribution in [3.63, 3.8) is 0 Å². The maximum Gasteiger partial charge on any atom is 0.200 e. The van der Waals surface area contributed by atoms with E-state index < -0.39 is 29.1 Å². The first-order valence-electron chi connectivity index (χ1n) is 12.5. The molecule has 0 spiro atoms. The van der Waals surface area contributed by atoms with Gasteiger partial charge in [0, 0.05) is 0 Å². The van der Waals surface area contributed by atoms with Crippen molar-refractivity contribution < 1.29 is 31.4 Å². The highest BCUT2D eigenvalue weighted by atomic mass is 19.2. The molecule has 196 valence electrons. The van der Waals surface area contributed by atoms with Crippen LogP contribution in [0.25, 0.3) is 5.57 Å². The van der Waals surface area contributed by atoms with Gasteiger partial charge in [-0.2, -0.15) is 8.78 Å². The average molecular weight is 517 g/mol. The van der Waals surface area contributed by atoms with Gasteiger partial charge in [0.05, 0.1) is 13.2 Å². The lowest BCUT2D eigenvalue weighted by atomic mass is 9.82. The Morgan fingerprint density at radius 2 is 1.35 bits per heavy atom. The molecule has 3 aromatic rings. The largest absolute Gasteiger partial charge is 0.491 e. The number of hydrogen-bond donors (Lipinski definition) is 0. The minimum atomic E-state index is -1.04. The molecule has 0 aromatic heterocycles. The minimum Gasteiger partial charge on any atom is -0.491 e. The van der Waals surface area contributed by atoms with E-state index in [1.165, 1.54) is 24.3 Å². The predicted octanol–water partition coefficient (Wildman–Crippen LogP) is 8.32. The first-order chi connectivity index (χ1) is 17.8. The third kappa shape index (κ3) is 5.81. The molecule has 0 fully saturated rings. The van der Waals surface area contributed by atoms with Gasteiger partial charge in [-0.3, -0.25) is 0 Å². The summed E-state index contributed by atoms with van der Waals surface area (Å²) in [6, 6.07) is 10.8. The van der Waals surface area contributed by atoms with Crippen LogP contribution in [0.15, 0.2) is 48.5 Å². The molecular weight excluding hydrogens is 487 g/mol. The smallest absolute Gasteiger partial charge is 0.200 e. The summed E-state index contributed by atoms with van der Waals surface area (Å²) in [4.78, 5) is 0. The van der Waals surface area contributed by atoms with E-state index in [4.69, 9.17) is 9.47 Å². The van der Waals surface area contributed by atoms with Crippen LogP contribution < -0.4 is 9.47 Å². The Bertz CT molecular complexity index is 1300. The Kier molecular flexibility index (Phi) is 8.52. The molecule has 4 rings (SSSR count). The standard InChI is InChI=1S/C30H29F5O2/c1-3-36-25-15-13-21(27(32)29(25)34)11-9-20-10-12-22(17-24(20)31)18-5-7-19(8-6-18)23-14-16-26(37-4-2)30(35)28(23)33/h5,10,12-17,19H,3-4,6-9,11H2,1-2H3. The van der Waals surface area contributed by atoms with Crippen molar-refractivity contribution >= 4 is 5.57 Å². The average Bonchev–Trinajstić information content (AvgIpc) is 2.90. The molecule has 1 aliphatic rings. The third-order valence-electron chi connectivity index (χ3n) is 6.74. The van der Waals surface area contributed by atoms with E-state index in [9.17, 15) is 22.0 Å². The van der Waals surface area contributed by atoms with Gasteiger partial charge in [0.15, 0.2) is 23.1 Å². The molecule has 0 radical (unpaired) electrons. The molecule has 0 saturated heterocycles. The van der Waals surface area contributed by atoms with E-state index in [0.29, 0.717) is 30.4 Å². The van der Waals surface area contributed by atoms with Gasteiger partial charge in [0.2, 0.25) is 11.6 Å². The van der Waals surface area contributed by atoms with Crippen LogP contribution in [0.1, 0.15) is 61.3 Å². The Morgan fingerprint density at radius 1 is 0.730 bits per heavy atom. The molecule has 1 atom stereocenters. The van der Waals surface area contributed by atoms with E-state index in [1.54, 1.807) is 32.0 Å². The quantitative estimate of drug-likeness (QED) is 0.266. The molecule has 1 aliphatic carbocycles. The zero-order valence-corrected chi connectivity index (χ0v) is 20.9. The SMILES string of the molecule is CCOc1ccc(CCc2ccc(C3=CCC(c4ccc(OCC)c(F)c4F)CC3)cc2F)c(F)c1F. The Balaban J connectivity index is 1.43. The molecule has 0 bridgehead atoms. The van der Waals surface area contributed by atoms with Gasteiger partial charge in [-0.25, -0.2) is 13.2 Å². The number of ether oxygens (including phenoxy) is 2. The van der Waals surface area contributed by atoms with Crippen LogP contribution >= 0.6 is 0 Å². The summed E-state index contributed by atoms with van der Waals surface area (Å²) in [6.45, 7) is 3.86. The van der Waals surface area contributed by atoms with Gasteiger partial charge >= 0.3 is 0 Å². The van der Waals surface area contributed by atoms with E-state index >= 15 is 0 Å². The Labute approximate surface area is 213 Å². The zero-order valence-electron chi connectivity index (χ0n) is 20.9. The van der Waals surface area contributed by atoms with Gasteiger partial charge in [-0.1, -0.05) is 30.3 Å². The van der Waals surface area contributed by atoms with Gasteiger partial charge < -0.3 is 9.47 Å². The van der Waals surface area contributed by atoms with Crippen LogP contribution in [-0.2, 0) is 12.8 Å². The maximum atomic E-state index is 14.9. The Hall–Kier alpha value is -3.35. The molecule has 37 heavy (non-hydrogen) atoms. The van der Waals surface area contributed by atoms with E-state index in [-0.39, 0.29) is 49.0 Å². The van der Waals surface area contributed by atoms with E-state index in [1.807, 2.05) is 6.08 Å². The maximum absolute atomic E-state index is 14.9. The molecule has 0 amide bonds. The van der Waals surface area contributed by atoms with Crippen molar-refractivity contribution in [1.82, 2.24) is 0 Å². The topological polar surface area (TPSA) is 18.5 Å². The molecule has 0 aliphatic heterocycles. The van der Waals surface area contributed by atoms with E-state index in [0.717, 1.165) is 11.1 Å². The summed E-state index contributed by atoms with van der Waals surface area (Å²) < 4.78 is 82.4. The monoisotopic (exact) mass is 516 g/mol.